The van der Waals surface area contributed by atoms with Crippen LogP contribution in [0.1, 0.15) is 44.6 Å². The van der Waals surface area contributed by atoms with Crippen molar-refractivity contribution in [3.8, 4) is 0 Å². The molecule has 1 heteroatoms. The number of hydrogen-bond donors (Lipinski definition) is 1. The second-order valence-corrected chi connectivity index (χ2v) is 5.60. The van der Waals surface area contributed by atoms with E-state index in [2.05, 4.69) is 61.3 Å². The zero-order chi connectivity index (χ0) is 15.8. The van der Waals surface area contributed by atoms with Gasteiger partial charge in [0.2, 0.25) is 0 Å². The van der Waals surface area contributed by atoms with E-state index in [0.717, 1.165) is 32.1 Å². The van der Waals surface area contributed by atoms with Gasteiger partial charge in [0.25, 0.3) is 0 Å². The van der Waals surface area contributed by atoms with Crippen LogP contribution in [0.25, 0.3) is 5.57 Å². The van der Waals surface area contributed by atoms with E-state index in [0.29, 0.717) is 0 Å². The van der Waals surface area contributed by atoms with Crippen LogP contribution in [0.15, 0.2) is 72.0 Å². The van der Waals surface area contributed by atoms with Gasteiger partial charge in [-0.05, 0) is 54.4 Å². The minimum atomic E-state index is 1.03. The molecule has 116 valence electrons. The molecule has 0 heterocycles. The molecule has 0 spiro atoms. The first-order chi connectivity index (χ1) is 10.8. The Morgan fingerprint density at radius 3 is 2.55 bits per heavy atom. The van der Waals surface area contributed by atoms with Gasteiger partial charge in [-0.1, -0.05) is 62.1 Å². The SMILES string of the molecule is C=C/C(CC)=C(/CCC1=CCCC=C1c1ccccc1)NC. The monoisotopic (exact) mass is 293 g/mol. The molecule has 22 heavy (non-hydrogen) atoms. The van der Waals surface area contributed by atoms with Crippen molar-refractivity contribution in [3.05, 3.63) is 77.5 Å². The van der Waals surface area contributed by atoms with Crippen molar-refractivity contribution in [2.24, 2.45) is 0 Å². The van der Waals surface area contributed by atoms with Crippen LogP contribution in [0.5, 0.6) is 0 Å². The first-order valence-electron chi connectivity index (χ1n) is 8.27. The van der Waals surface area contributed by atoms with Gasteiger partial charge in [0.15, 0.2) is 0 Å². The summed E-state index contributed by atoms with van der Waals surface area (Å²) in [6.45, 7) is 6.12. The molecule has 0 fully saturated rings. The normalized spacial score (nSPS) is 15.5. The molecule has 0 aromatic heterocycles. The molecule has 1 aromatic carbocycles. The maximum atomic E-state index is 3.93. The van der Waals surface area contributed by atoms with E-state index in [1.807, 2.05) is 13.1 Å². The fourth-order valence-electron chi connectivity index (χ4n) is 3.07. The number of nitrogens with one attached hydrogen (secondary N) is 1. The highest BCUT2D eigenvalue weighted by Crippen LogP contribution is 2.32. The molecular formula is C21H27N. The van der Waals surface area contributed by atoms with Crippen LogP contribution >= 0.6 is 0 Å². The zero-order valence-electron chi connectivity index (χ0n) is 13.9. The van der Waals surface area contributed by atoms with Crippen LogP contribution in [0.2, 0.25) is 0 Å². The molecule has 0 atom stereocenters. The quantitative estimate of drug-likeness (QED) is 0.641. The Morgan fingerprint density at radius 2 is 1.91 bits per heavy atom. The molecule has 0 aliphatic heterocycles. The van der Waals surface area contributed by atoms with Gasteiger partial charge in [-0.25, -0.2) is 0 Å². The topological polar surface area (TPSA) is 12.0 Å². The Kier molecular flexibility index (Phi) is 6.27. The van der Waals surface area contributed by atoms with Crippen LogP contribution in [0, 0.1) is 0 Å². The minimum Gasteiger partial charge on any atom is -0.391 e. The minimum absolute atomic E-state index is 1.03. The number of allylic oxidation sites excluding steroid dienone is 7. The summed E-state index contributed by atoms with van der Waals surface area (Å²) in [4.78, 5) is 0. The molecule has 0 unspecified atom stereocenters. The van der Waals surface area contributed by atoms with Gasteiger partial charge in [-0.15, -0.1) is 0 Å². The Labute approximate surface area is 135 Å². The second kappa shape index (κ2) is 8.43. The molecule has 1 aliphatic rings. The third-order valence-corrected chi connectivity index (χ3v) is 4.30. The van der Waals surface area contributed by atoms with E-state index in [1.165, 1.54) is 28.0 Å². The highest BCUT2D eigenvalue weighted by atomic mass is 14.8. The zero-order valence-corrected chi connectivity index (χ0v) is 13.9. The number of rotatable bonds is 7. The lowest BCUT2D eigenvalue weighted by Gasteiger charge is -2.18. The summed E-state index contributed by atoms with van der Waals surface area (Å²) in [6.07, 6.45) is 12.2. The second-order valence-electron chi connectivity index (χ2n) is 5.60. The molecule has 0 amide bonds. The lowest BCUT2D eigenvalue weighted by Crippen LogP contribution is -2.09. The van der Waals surface area contributed by atoms with E-state index in [4.69, 9.17) is 0 Å². The van der Waals surface area contributed by atoms with Crippen molar-refractivity contribution >= 4 is 5.57 Å². The van der Waals surface area contributed by atoms with E-state index in [1.54, 1.807) is 0 Å². The molecule has 0 radical (unpaired) electrons. The van der Waals surface area contributed by atoms with Crippen LogP contribution in [0.4, 0.5) is 0 Å². The molecule has 1 N–H and O–H groups in total. The third kappa shape index (κ3) is 4.00. The summed E-state index contributed by atoms with van der Waals surface area (Å²) in [7, 11) is 2.01. The third-order valence-electron chi connectivity index (χ3n) is 4.30. The van der Waals surface area contributed by atoms with Crippen LogP contribution in [-0.2, 0) is 0 Å². The van der Waals surface area contributed by atoms with E-state index in [9.17, 15) is 0 Å². The molecule has 0 saturated heterocycles. The number of benzene rings is 1. The van der Waals surface area contributed by atoms with Crippen molar-refractivity contribution in [2.45, 2.75) is 39.0 Å². The van der Waals surface area contributed by atoms with Gasteiger partial charge >= 0.3 is 0 Å². The summed E-state index contributed by atoms with van der Waals surface area (Å²) in [5.41, 5.74) is 6.87. The average Bonchev–Trinajstić information content (AvgIpc) is 2.59. The Morgan fingerprint density at radius 1 is 1.18 bits per heavy atom. The predicted molar refractivity (Wildman–Crippen MR) is 97.5 cm³/mol. The molecule has 0 saturated carbocycles. The first-order valence-corrected chi connectivity index (χ1v) is 8.27. The summed E-state index contributed by atoms with van der Waals surface area (Å²) < 4.78 is 0. The Hall–Kier alpha value is -2.02. The summed E-state index contributed by atoms with van der Waals surface area (Å²) in [5, 5.41) is 3.36. The Balaban J connectivity index is 2.14. The Bertz CT molecular complexity index is 588. The standard InChI is InChI=1S/C21H27N/c1-4-17(5-2)21(22-3)16-15-19-13-9-10-14-20(19)18-11-7-6-8-12-18/h4,6-8,11-14,22H,1,5,9-10,15-16H2,2-3H3/b21-17+. The van der Waals surface area contributed by atoms with Gasteiger partial charge < -0.3 is 5.32 Å². The van der Waals surface area contributed by atoms with Crippen molar-refractivity contribution in [1.29, 1.82) is 0 Å². The lowest BCUT2D eigenvalue weighted by atomic mass is 9.88. The van der Waals surface area contributed by atoms with Gasteiger partial charge in [0.1, 0.15) is 0 Å². The fourth-order valence-corrected chi connectivity index (χ4v) is 3.07. The number of hydrogen-bond acceptors (Lipinski definition) is 1. The highest BCUT2D eigenvalue weighted by Gasteiger charge is 2.12. The van der Waals surface area contributed by atoms with Crippen molar-refractivity contribution in [1.82, 2.24) is 5.32 Å². The highest BCUT2D eigenvalue weighted by molar-refractivity contribution is 5.79. The van der Waals surface area contributed by atoms with Gasteiger partial charge in [-0.3, -0.25) is 0 Å². The van der Waals surface area contributed by atoms with Crippen molar-refractivity contribution in [2.75, 3.05) is 7.05 Å². The molecule has 1 aromatic rings. The van der Waals surface area contributed by atoms with Crippen molar-refractivity contribution in [3.63, 3.8) is 0 Å². The van der Waals surface area contributed by atoms with Crippen LogP contribution in [0.3, 0.4) is 0 Å². The van der Waals surface area contributed by atoms with Crippen molar-refractivity contribution < 1.29 is 0 Å². The molecular weight excluding hydrogens is 266 g/mol. The summed E-state index contributed by atoms with van der Waals surface area (Å²) >= 11 is 0. The van der Waals surface area contributed by atoms with Crippen LogP contribution in [-0.4, -0.2) is 7.05 Å². The van der Waals surface area contributed by atoms with E-state index >= 15 is 0 Å². The maximum Gasteiger partial charge on any atom is 0.0140 e. The predicted octanol–water partition coefficient (Wildman–Crippen LogP) is 5.64. The molecule has 0 bridgehead atoms. The largest absolute Gasteiger partial charge is 0.391 e. The maximum absolute atomic E-state index is 3.93. The summed E-state index contributed by atoms with van der Waals surface area (Å²) in [5.74, 6) is 0. The van der Waals surface area contributed by atoms with Gasteiger partial charge in [0, 0.05) is 12.7 Å². The molecule has 1 nitrogen and oxygen atoms in total. The molecule has 1 aliphatic carbocycles. The smallest absolute Gasteiger partial charge is 0.0140 e. The van der Waals surface area contributed by atoms with Crippen LogP contribution < -0.4 is 5.32 Å². The van der Waals surface area contributed by atoms with E-state index < -0.39 is 0 Å². The molecule has 2 rings (SSSR count). The summed E-state index contributed by atoms with van der Waals surface area (Å²) in [6, 6.07) is 10.7. The first kappa shape index (κ1) is 16.4. The lowest BCUT2D eigenvalue weighted by molar-refractivity contribution is 0.809. The van der Waals surface area contributed by atoms with Gasteiger partial charge in [-0.2, -0.15) is 0 Å². The average molecular weight is 293 g/mol. The fraction of sp³-hybridized carbons (Fsp3) is 0.333. The van der Waals surface area contributed by atoms with E-state index in [-0.39, 0.29) is 0 Å². The van der Waals surface area contributed by atoms with Gasteiger partial charge in [0.05, 0.1) is 0 Å².